The van der Waals surface area contributed by atoms with Crippen LogP contribution in [0.1, 0.15) is 219 Å². The van der Waals surface area contributed by atoms with Crippen molar-refractivity contribution in [2.24, 2.45) is 0 Å². The first-order valence-corrected chi connectivity index (χ1v) is 21.6. The number of carbonyl (C=O) groups is 2. The summed E-state index contributed by atoms with van der Waals surface area (Å²) in [4.78, 5) is 25.4. The molecule has 300 valence electrons. The first-order chi connectivity index (χ1) is 23.8. The van der Waals surface area contributed by atoms with Crippen molar-refractivity contribution in [2.45, 2.75) is 225 Å². The second-order valence-corrected chi connectivity index (χ2v) is 15.8. The van der Waals surface area contributed by atoms with E-state index in [2.05, 4.69) is 27.9 Å². The van der Waals surface area contributed by atoms with Crippen molar-refractivity contribution in [3.63, 3.8) is 0 Å². The number of unbranched alkanes of at least 4 members (excludes halogenated alkanes) is 27. The van der Waals surface area contributed by atoms with Gasteiger partial charge in [-0.2, -0.15) is 0 Å². The van der Waals surface area contributed by atoms with Gasteiger partial charge in [0.25, 0.3) is 0 Å². The van der Waals surface area contributed by atoms with E-state index in [1.54, 1.807) is 0 Å². The molecule has 0 aliphatic heterocycles. The van der Waals surface area contributed by atoms with Crippen LogP contribution < -0.4 is 17.0 Å². The maximum atomic E-state index is 12.8. The fourth-order valence-corrected chi connectivity index (χ4v) is 6.85. The number of hydrogen-bond acceptors (Lipinski definition) is 5. The molecule has 0 amide bonds. The molecule has 6 nitrogen and oxygen atoms in total. The molecule has 50 heavy (non-hydrogen) atoms. The highest BCUT2D eigenvalue weighted by Gasteiger charge is 2.26. The number of quaternary nitrogens is 1. The Balaban J connectivity index is 0. The van der Waals surface area contributed by atoms with Crippen molar-refractivity contribution < 1.29 is 45.6 Å². The molecule has 0 heterocycles. The first kappa shape index (κ1) is 51.4. The predicted octanol–water partition coefficient (Wildman–Crippen LogP) is 9.04. The van der Waals surface area contributed by atoms with Gasteiger partial charge in [-0.1, -0.05) is 174 Å². The monoisotopic (exact) mass is 776 g/mol. The van der Waals surface area contributed by atoms with Crippen LogP contribution in [0.5, 0.6) is 0 Å². The molecule has 0 aromatic heterocycles. The number of aliphatic hydroxyl groups excluding tert-OH is 1. The molecule has 0 aromatic carbocycles. The van der Waals surface area contributed by atoms with E-state index in [-0.39, 0.29) is 42.1 Å². The van der Waals surface area contributed by atoms with Gasteiger partial charge in [0.2, 0.25) is 0 Å². The van der Waals surface area contributed by atoms with Crippen molar-refractivity contribution in [3.05, 3.63) is 0 Å². The van der Waals surface area contributed by atoms with Gasteiger partial charge in [0, 0.05) is 19.4 Å². The van der Waals surface area contributed by atoms with Gasteiger partial charge in [0.05, 0.1) is 20.6 Å². The second kappa shape index (κ2) is 39.5. The molecule has 7 heteroatoms. The van der Waals surface area contributed by atoms with Crippen molar-refractivity contribution in [2.75, 3.05) is 40.4 Å². The number of hydrogen-bond donors (Lipinski definition) is 1. The van der Waals surface area contributed by atoms with E-state index in [0.717, 1.165) is 57.9 Å². The van der Waals surface area contributed by atoms with Crippen LogP contribution in [-0.4, -0.2) is 68.0 Å². The lowest BCUT2D eigenvalue weighted by molar-refractivity contribution is -0.893. The molecule has 0 aliphatic carbocycles. The van der Waals surface area contributed by atoms with Gasteiger partial charge >= 0.3 is 11.9 Å². The molecule has 0 saturated carbocycles. The van der Waals surface area contributed by atoms with Crippen molar-refractivity contribution in [1.82, 2.24) is 0 Å². The van der Waals surface area contributed by atoms with Gasteiger partial charge in [0.1, 0.15) is 13.2 Å². The van der Waals surface area contributed by atoms with Crippen LogP contribution in [0.2, 0.25) is 0 Å². The highest BCUT2D eigenvalue weighted by Crippen LogP contribution is 2.16. The Hall–Kier alpha value is -0.660. The van der Waals surface area contributed by atoms with Gasteiger partial charge in [-0.05, 0) is 32.1 Å². The lowest BCUT2D eigenvalue weighted by Gasteiger charge is -2.33. The lowest BCUT2D eigenvalue weighted by Crippen LogP contribution is -3.00. The lowest BCUT2D eigenvalue weighted by atomic mass is 10.0. The minimum atomic E-state index is -0.419. The fourth-order valence-electron chi connectivity index (χ4n) is 6.85. The molecule has 0 saturated heterocycles. The molecule has 0 radical (unpaired) electrons. The Morgan fingerprint density at radius 3 is 1.24 bits per heavy atom. The normalized spacial score (nSPS) is 12.1. The number of ether oxygens (including phenoxy) is 2. The molecule has 0 rings (SSSR count). The zero-order chi connectivity index (χ0) is 36.1. The van der Waals surface area contributed by atoms with Gasteiger partial charge in [-0.15, -0.1) is 0 Å². The van der Waals surface area contributed by atoms with Crippen molar-refractivity contribution in [3.8, 4) is 0 Å². The first-order valence-electron chi connectivity index (χ1n) is 21.6. The molecule has 1 N–H and O–H groups in total. The quantitative estimate of drug-likeness (QED) is 0.0384. The summed E-state index contributed by atoms with van der Waals surface area (Å²) in [5.74, 6) is -0.335. The Kier molecular flexibility index (Phi) is 40.7. The predicted molar refractivity (Wildman–Crippen MR) is 209 cm³/mol. The number of carbonyl (C=O) groups excluding carboxylic acids is 2. The molecular weight excluding hydrogens is 690 g/mol. The summed E-state index contributed by atoms with van der Waals surface area (Å²) >= 11 is 0. The molecule has 0 aliphatic rings. The van der Waals surface area contributed by atoms with Crippen LogP contribution in [0.15, 0.2) is 0 Å². The van der Waals surface area contributed by atoms with Gasteiger partial charge < -0.3 is 36.0 Å². The summed E-state index contributed by atoms with van der Waals surface area (Å²) in [5, 5.41) is 9.06. The maximum absolute atomic E-state index is 12.8. The summed E-state index contributed by atoms with van der Waals surface area (Å²) < 4.78 is 12.3. The van der Waals surface area contributed by atoms with Gasteiger partial charge in [-0.3, -0.25) is 9.59 Å². The van der Waals surface area contributed by atoms with E-state index in [9.17, 15) is 9.59 Å². The van der Waals surface area contributed by atoms with E-state index in [0.29, 0.717) is 23.9 Å². The number of esters is 2. The Morgan fingerprint density at radius 1 is 0.500 bits per heavy atom. The zero-order valence-corrected chi connectivity index (χ0v) is 35.5. The molecule has 0 fully saturated rings. The van der Waals surface area contributed by atoms with Crippen LogP contribution in [0.25, 0.3) is 0 Å². The van der Waals surface area contributed by atoms with Gasteiger partial charge in [0.15, 0.2) is 6.10 Å². The summed E-state index contributed by atoms with van der Waals surface area (Å²) in [6.45, 7) is 6.54. The molecular formula is C43H86BrNO5. The molecule has 1 unspecified atom stereocenters. The van der Waals surface area contributed by atoms with E-state index in [4.69, 9.17) is 14.6 Å². The Bertz CT molecular complexity index is 719. The minimum absolute atomic E-state index is 0. The number of aliphatic hydroxyl groups is 1. The standard InChI is InChI=1S/C43H86NO5.BrH/c1-5-7-9-11-13-15-17-19-21-23-25-27-31-35-42(46)48-40-41(39-44(3,4)37-33-29-30-34-38-45)49-43(47)36-32-28-26-24-22-20-18-16-14-12-10-8-6-2;/h41,45H,5-40H2,1-4H3;1H/q+1;/p-1. The number of rotatable bonds is 39. The van der Waals surface area contributed by atoms with E-state index in [1.807, 2.05) is 0 Å². The number of nitrogens with zero attached hydrogens (tertiary/aromatic N) is 1. The molecule has 1 atom stereocenters. The van der Waals surface area contributed by atoms with E-state index < -0.39 is 6.10 Å². The third-order valence-electron chi connectivity index (χ3n) is 10.1. The third kappa shape index (κ3) is 38.6. The number of likely N-dealkylation sites (N-methyl/N-ethyl adjacent to an activating group) is 1. The Labute approximate surface area is 322 Å². The Morgan fingerprint density at radius 2 is 0.840 bits per heavy atom. The van der Waals surface area contributed by atoms with Crippen molar-refractivity contribution >= 4 is 11.9 Å². The van der Waals surface area contributed by atoms with Crippen LogP contribution >= 0.6 is 0 Å². The third-order valence-corrected chi connectivity index (χ3v) is 10.1. The largest absolute Gasteiger partial charge is 1.00 e. The van der Waals surface area contributed by atoms with Crippen LogP contribution in [0.3, 0.4) is 0 Å². The smallest absolute Gasteiger partial charge is 0.306 e. The van der Waals surface area contributed by atoms with Crippen LogP contribution in [0.4, 0.5) is 0 Å². The minimum Gasteiger partial charge on any atom is -1.00 e. The van der Waals surface area contributed by atoms with Gasteiger partial charge in [-0.25, -0.2) is 0 Å². The topological polar surface area (TPSA) is 72.8 Å². The highest BCUT2D eigenvalue weighted by molar-refractivity contribution is 5.70. The molecule has 0 bridgehead atoms. The van der Waals surface area contributed by atoms with Crippen LogP contribution in [-0.2, 0) is 19.1 Å². The SMILES string of the molecule is CCCCCCCCCCCCCCCC(=O)OCC(C[N+](C)(C)CCCCCCO)OC(=O)CCCCCCCCCCCCCCC.[Br-]. The molecule has 0 spiro atoms. The molecule has 0 aromatic rings. The number of halogens is 1. The zero-order valence-electron chi connectivity index (χ0n) is 33.9. The highest BCUT2D eigenvalue weighted by atomic mass is 79.9. The fraction of sp³-hybridized carbons (Fsp3) is 0.953. The van der Waals surface area contributed by atoms with E-state index in [1.165, 1.54) is 141 Å². The summed E-state index contributed by atoms with van der Waals surface area (Å²) in [6, 6.07) is 0. The summed E-state index contributed by atoms with van der Waals surface area (Å²) in [5.41, 5.74) is 0. The average Bonchev–Trinajstić information content (AvgIpc) is 3.07. The average molecular weight is 777 g/mol. The maximum Gasteiger partial charge on any atom is 0.306 e. The second-order valence-electron chi connectivity index (χ2n) is 15.8. The summed E-state index contributed by atoms with van der Waals surface area (Å²) in [6.07, 6.45) is 37.8. The van der Waals surface area contributed by atoms with Crippen LogP contribution in [0, 0.1) is 0 Å². The van der Waals surface area contributed by atoms with E-state index >= 15 is 0 Å². The van der Waals surface area contributed by atoms with Crippen molar-refractivity contribution in [1.29, 1.82) is 0 Å². The summed E-state index contributed by atoms with van der Waals surface area (Å²) in [7, 11) is 4.32.